The van der Waals surface area contributed by atoms with Gasteiger partial charge in [0.2, 0.25) is 0 Å². The van der Waals surface area contributed by atoms with Crippen LogP contribution in [0.25, 0.3) is 43.0 Å². The van der Waals surface area contributed by atoms with E-state index in [0.717, 1.165) is 21.8 Å². The van der Waals surface area contributed by atoms with Crippen LogP contribution < -0.4 is 5.73 Å². The summed E-state index contributed by atoms with van der Waals surface area (Å²) in [4.78, 5) is 5.10. The summed E-state index contributed by atoms with van der Waals surface area (Å²) in [6.45, 7) is 13.5. The highest BCUT2D eigenvalue weighted by atomic mass is 32.1. The van der Waals surface area contributed by atoms with Crippen molar-refractivity contribution in [3.63, 3.8) is 0 Å². The van der Waals surface area contributed by atoms with Crippen molar-refractivity contribution in [1.82, 2.24) is 4.98 Å². The first-order valence-corrected chi connectivity index (χ1v) is 13.3. The smallest absolute Gasteiger partial charge is 0.126 e. The number of rotatable bonds is 3. The first kappa shape index (κ1) is 24.3. The van der Waals surface area contributed by atoms with Crippen molar-refractivity contribution < 1.29 is 0 Å². The van der Waals surface area contributed by atoms with E-state index in [0.29, 0.717) is 0 Å². The number of nitrogen functional groups attached to an aromatic ring is 1. The van der Waals surface area contributed by atoms with Gasteiger partial charge in [0.25, 0.3) is 0 Å². The Bertz CT molecular complexity index is 1530. The lowest BCUT2D eigenvalue weighted by Crippen LogP contribution is -2.11. The predicted octanol–water partition coefficient (Wildman–Crippen LogP) is 9.47. The maximum atomic E-state index is 6.29. The zero-order chi connectivity index (χ0) is 25.7. The van der Waals surface area contributed by atoms with Gasteiger partial charge in [-0.15, -0.1) is 11.3 Å². The van der Waals surface area contributed by atoms with E-state index in [1.165, 1.54) is 38.1 Å². The molecular weight excluding hydrogens is 456 g/mol. The van der Waals surface area contributed by atoms with Gasteiger partial charge in [-0.05, 0) is 62.9 Å². The summed E-state index contributed by atoms with van der Waals surface area (Å²) >= 11 is 1.72. The molecule has 0 aliphatic heterocycles. The van der Waals surface area contributed by atoms with E-state index >= 15 is 0 Å². The van der Waals surface area contributed by atoms with Crippen molar-refractivity contribution in [2.45, 2.75) is 52.4 Å². The third-order valence-electron chi connectivity index (χ3n) is 6.83. The summed E-state index contributed by atoms with van der Waals surface area (Å²) in [5.74, 6) is 0. The number of fused-ring (bicyclic) bond motifs is 1. The lowest BCUT2D eigenvalue weighted by atomic mass is 9.85. The lowest BCUT2D eigenvalue weighted by Gasteiger charge is -2.20. The van der Waals surface area contributed by atoms with Gasteiger partial charge in [0.15, 0.2) is 0 Å². The Hall–Kier alpha value is -3.43. The highest BCUT2D eigenvalue weighted by molar-refractivity contribution is 7.21. The van der Waals surface area contributed by atoms with Crippen LogP contribution >= 0.6 is 11.3 Å². The van der Waals surface area contributed by atoms with Gasteiger partial charge >= 0.3 is 0 Å². The number of anilines is 1. The van der Waals surface area contributed by atoms with Crippen LogP contribution in [-0.4, -0.2) is 4.98 Å². The number of hydrogen-bond acceptors (Lipinski definition) is 3. The van der Waals surface area contributed by atoms with E-state index < -0.39 is 0 Å². The summed E-state index contributed by atoms with van der Waals surface area (Å²) in [5.41, 5.74) is 16.7. The summed E-state index contributed by atoms with van der Waals surface area (Å²) in [5, 5.41) is 0.964. The monoisotopic (exact) mass is 490 g/mol. The van der Waals surface area contributed by atoms with Gasteiger partial charge < -0.3 is 5.73 Å². The Morgan fingerprint density at radius 1 is 0.611 bits per heavy atom. The molecule has 5 rings (SSSR count). The fraction of sp³-hybridized carbons (Fsp3) is 0.242. The largest absolute Gasteiger partial charge is 0.398 e. The molecule has 0 fully saturated rings. The fourth-order valence-electron chi connectivity index (χ4n) is 4.49. The van der Waals surface area contributed by atoms with Crippen LogP contribution in [0.4, 0.5) is 5.69 Å². The molecule has 0 aliphatic carbocycles. The van der Waals surface area contributed by atoms with Gasteiger partial charge in [0, 0.05) is 16.8 Å². The number of thiazole rings is 1. The van der Waals surface area contributed by atoms with Gasteiger partial charge in [-0.2, -0.15) is 0 Å². The van der Waals surface area contributed by atoms with E-state index in [2.05, 4.69) is 108 Å². The number of hydrogen-bond donors (Lipinski definition) is 1. The normalized spacial score (nSPS) is 12.3. The Morgan fingerprint density at radius 3 is 1.75 bits per heavy atom. The standard InChI is InChI=1S/C33H34N2S/c1-32(2,3)24-17-15-22(16-18-24)21-11-13-23(14-12-21)27-19-25(33(4,5)6)20-29-30(27)35-31(36-29)26-9-7-8-10-28(26)34/h7-20H,34H2,1-6H3. The van der Waals surface area contributed by atoms with E-state index in [1.54, 1.807) is 11.3 Å². The molecule has 0 saturated carbocycles. The van der Waals surface area contributed by atoms with Crippen molar-refractivity contribution in [3.8, 4) is 32.8 Å². The first-order valence-electron chi connectivity index (χ1n) is 12.5. The van der Waals surface area contributed by atoms with Gasteiger partial charge in [-0.1, -0.05) is 102 Å². The number of nitrogens with zero attached hydrogens (tertiary/aromatic N) is 1. The van der Waals surface area contributed by atoms with E-state index in [1.807, 2.05) is 18.2 Å². The van der Waals surface area contributed by atoms with Gasteiger partial charge in [-0.3, -0.25) is 0 Å². The summed E-state index contributed by atoms with van der Waals surface area (Å²) in [6, 6.07) is 30.4. The zero-order valence-corrected chi connectivity index (χ0v) is 22.8. The van der Waals surface area contributed by atoms with Crippen LogP contribution in [0.15, 0.2) is 84.9 Å². The molecule has 0 bridgehead atoms. The molecule has 0 amide bonds. The van der Waals surface area contributed by atoms with Gasteiger partial charge in [-0.25, -0.2) is 4.98 Å². The van der Waals surface area contributed by atoms with Crippen molar-refractivity contribution in [1.29, 1.82) is 0 Å². The number of nitrogens with two attached hydrogens (primary N) is 1. The van der Waals surface area contributed by atoms with Crippen molar-refractivity contribution >= 4 is 27.2 Å². The van der Waals surface area contributed by atoms with Crippen LogP contribution in [0.3, 0.4) is 0 Å². The number of benzene rings is 4. The molecule has 1 heterocycles. The minimum absolute atomic E-state index is 0.0353. The molecule has 0 spiro atoms. The quantitative estimate of drug-likeness (QED) is 0.256. The van der Waals surface area contributed by atoms with E-state index in [4.69, 9.17) is 10.7 Å². The SMILES string of the molecule is CC(C)(C)c1ccc(-c2ccc(-c3cc(C(C)(C)C)cc4sc(-c5ccccc5N)nc34)cc2)cc1. The van der Waals surface area contributed by atoms with E-state index in [9.17, 15) is 0 Å². The molecule has 2 nitrogen and oxygen atoms in total. The van der Waals surface area contributed by atoms with Crippen molar-refractivity contribution in [2.75, 3.05) is 5.73 Å². The average molecular weight is 491 g/mol. The predicted molar refractivity (Wildman–Crippen MR) is 158 cm³/mol. The molecule has 0 aliphatic rings. The third-order valence-corrected chi connectivity index (χ3v) is 7.87. The summed E-state index contributed by atoms with van der Waals surface area (Å²) in [6.07, 6.45) is 0. The Labute approximate surface area is 218 Å². The molecule has 36 heavy (non-hydrogen) atoms. The molecule has 0 atom stereocenters. The molecule has 0 radical (unpaired) electrons. The molecule has 2 N–H and O–H groups in total. The Kier molecular flexibility index (Phi) is 6.00. The molecule has 182 valence electrons. The Morgan fingerprint density at radius 2 is 1.17 bits per heavy atom. The van der Waals surface area contributed by atoms with E-state index in [-0.39, 0.29) is 10.8 Å². The summed E-state index contributed by atoms with van der Waals surface area (Å²) in [7, 11) is 0. The maximum absolute atomic E-state index is 6.29. The lowest BCUT2D eigenvalue weighted by molar-refractivity contribution is 0.590. The van der Waals surface area contributed by atoms with Gasteiger partial charge in [0.1, 0.15) is 5.01 Å². The van der Waals surface area contributed by atoms with Crippen LogP contribution in [-0.2, 0) is 10.8 Å². The topological polar surface area (TPSA) is 38.9 Å². The van der Waals surface area contributed by atoms with Crippen LogP contribution in [0.5, 0.6) is 0 Å². The molecule has 0 unspecified atom stereocenters. The molecule has 5 aromatic rings. The van der Waals surface area contributed by atoms with Gasteiger partial charge in [0.05, 0.1) is 10.2 Å². The summed E-state index contributed by atoms with van der Waals surface area (Å²) < 4.78 is 1.19. The van der Waals surface area contributed by atoms with Crippen molar-refractivity contribution in [2.24, 2.45) is 0 Å². The fourth-order valence-corrected chi connectivity index (χ4v) is 5.57. The highest BCUT2D eigenvalue weighted by Crippen LogP contribution is 2.41. The average Bonchev–Trinajstić information content (AvgIpc) is 3.27. The highest BCUT2D eigenvalue weighted by Gasteiger charge is 2.20. The number of para-hydroxylation sites is 1. The van der Waals surface area contributed by atoms with Crippen LogP contribution in [0.1, 0.15) is 52.7 Å². The van der Waals surface area contributed by atoms with Crippen LogP contribution in [0.2, 0.25) is 0 Å². The molecule has 3 heteroatoms. The molecular formula is C33H34N2S. The molecule has 1 aromatic heterocycles. The molecule has 4 aromatic carbocycles. The minimum atomic E-state index is 0.0353. The third kappa shape index (κ3) is 4.68. The number of aromatic nitrogens is 1. The minimum Gasteiger partial charge on any atom is -0.398 e. The maximum Gasteiger partial charge on any atom is 0.126 e. The van der Waals surface area contributed by atoms with Crippen molar-refractivity contribution in [3.05, 3.63) is 96.1 Å². The second-order valence-corrected chi connectivity index (χ2v) is 12.7. The Balaban J connectivity index is 1.59. The molecule has 0 saturated heterocycles. The second kappa shape index (κ2) is 8.90. The first-order chi connectivity index (χ1) is 17.0. The zero-order valence-electron chi connectivity index (χ0n) is 22.0. The second-order valence-electron chi connectivity index (χ2n) is 11.6. The van der Waals surface area contributed by atoms with Crippen LogP contribution in [0, 0.1) is 0 Å².